The lowest BCUT2D eigenvalue weighted by Gasteiger charge is -2.05. The van der Waals surface area contributed by atoms with Crippen LogP contribution in [0.4, 0.5) is 8.78 Å². The van der Waals surface area contributed by atoms with E-state index >= 15 is 0 Å². The van der Waals surface area contributed by atoms with E-state index in [1.165, 1.54) is 30.0 Å². The van der Waals surface area contributed by atoms with Gasteiger partial charge in [0, 0.05) is 16.7 Å². The Morgan fingerprint density at radius 1 is 1.14 bits per heavy atom. The summed E-state index contributed by atoms with van der Waals surface area (Å²) in [7, 11) is 0. The van der Waals surface area contributed by atoms with Gasteiger partial charge in [0.15, 0.2) is 0 Å². The summed E-state index contributed by atoms with van der Waals surface area (Å²) < 4.78 is 27.3. The molecule has 1 N–H and O–H groups in total. The molecule has 0 atom stereocenters. The third-order valence-electron chi connectivity index (χ3n) is 2.72. The SMILES string of the molecule is O=C(O)C=Cc1ccc(CSc2ccccc2F)c(F)c1. The Morgan fingerprint density at radius 2 is 1.90 bits per heavy atom. The maximum atomic E-state index is 13.9. The molecule has 0 aliphatic carbocycles. The van der Waals surface area contributed by atoms with E-state index < -0.39 is 11.8 Å². The van der Waals surface area contributed by atoms with Gasteiger partial charge in [-0.15, -0.1) is 11.8 Å². The number of hydrogen-bond donors (Lipinski definition) is 1. The largest absolute Gasteiger partial charge is 0.478 e. The topological polar surface area (TPSA) is 37.3 Å². The molecule has 0 aliphatic heterocycles. The fraction of sp³-hybridized carbons (Fsp3) is 0.0625. The zero-order valence-electron chi connectivity index (χ0n) is 10.9. The molecule has 21 heavy (non-hydrogen) atoms. The lowest BCUT2D eigenvalue weighted by Crippen LogP contribution is -1.91. The summed E-state index contributed by atoms with van der Waals surface area (Å²) in [6, 6.07) is 10.8. The standard InChI is InChI=1S/C16H12F2O2S/c17-13-3-1-2-4-15(13)21-10-12-7-5-11(9-14(12)18)6-8-16(19)20/h1-9H,10H2,(H,19,20). The lowest BCUT2D eigenvalue weighted by atomic mass is 10.1. The maximum Gasteiger partial charge on any atom is 0.328 e. The van der Waals surface area contributed by atoms with Crippen LogP contribution in [0.3, 0.4) is 0 Å². The highest BCUT2D eigenvalue weighted by Gasteiger charge is 2.06. The summed E-state index contributed by atoms with van der Waals surface area (Å²) in [5.74, 6) is -1.56. The van der Waals surface area contributed by atoms with Crippen molar-refractivity contribution >= 4 is 23.8 Å². The van der Waals surface area contributed by atoms with Crippen LogP contribution in [0, 0.1) is 11.6 Å². The van der Waals surface area contributed by atoms with Gasteiger partial charge in [-0.25, -0.2) is 13.6 Å². The normalized spacial score (nSPS) is 11.0. The smallest absolute Gasteiger partial charge is 0.328 e. The number of hydrogen-bond acceptors (Lipinski definition) is 2. The Kier molecular flexibility index (Phi) is 5.11. The Hall–Kier alpha value is -2.14. The Balaban J connectivity index is 2.08. The van der Waals surface area contributed by atoms with Crippen molar-refractivity contribution in [3.63, 3.8) is 0 Å². The van der Waals surface area contributed by atoms with Gasteiger partial charge in [0.05, 0.1) is 0 Å². The molecule has 0 heterocycles. The molecule has 0 saturated heterocycles. The van der Waals surface area contributed by atoms with Gasteiger partial charge >= 0.3 is 5.97 Å². The highest BCUT2D eigenvalue weighted by Crippen LogP contribution is 2.26. The molecular formula is C16H12F2O2S. The van der Waals surface area contributed by atoms with Gasteiger partial charge in [0.2, 0.25) is 0 Å². The first kappa shape index (κ1) is 15.3. The summed E-state index contributed by atoms with van der Waals surface area (Å²) >= 11 is 1.21. The van der Waals surface area contributed by atoms with Crippen LogP contribution in [-0.4, -0.2) is 11.1 Å². The molecule has 2 nitrogen and oxygen atoms in total. The Labute approximate surface area is 125 Å². The average molecular weight is 306 g/mol. The first-order valence-corrected chi connectivity index (χ1v) is 7.11. The Bertz CT molecular complexity index is 684. The van der Waals surface area contributed by atoms with Crippen LogP contribution in [0.25, 0.3) is 6.08 Å². The minimum absolute atomic E-state index is 0.301. The van der Waals surface area contributed by atoms with Crippen LogP contribution >= 0.6 is 11.8 Å². The predicted molar refractivity (Wildman–Crippen MR) is 79.0 cm³/mol. The van der Waals surface area contributed by atoms with E-state index in [9.17, 15) is 13.6 Å². The van der Waals surface area contributed by atoms with Crippen molar-refractivity contribution in [3.05, 3.63) is 71.3 Å². The van der Waals surface area contributed by atoms with Gasteiger partial charge in [-0.05, 0) is 35.4 Å². The molecule has 2 rings (SSSR count). The number of rotatable bonds is 5. The minimum Gasteiger partial charge on any atom is -0.478 e. The predicted octanol–water partition coefficient (Wildman–Crippen LogP) is 4.35. The molecule has 0 radical (unpaired) electrons. The van der Waals surface area contributed by atoms with Crippen molar-refractivity contribution in [3.8, 4) is 0 Å². The second kappa shape index (κ2) is 7.04. The van der Waals surface area contributed by atoms with E-state index in [1.54, 1.807) is 30.3 Å². The van der Waals surface area contributed by atoms with Crippen molar-refractivity contribution < 1.29 is 18.7 Å². The molecule has 0 spiro atoms. The fourth-order valence-corrected chi connectivity index (χ4v) is 2.59. The van der Waals surface area contributed by atoms with Gasteiger partial charge in [0.25, 0.3) is 0 Å². The van der Waals surface area contributed by atoms with E-state index in [4.69, 9.17) is 5.11 Å². The third kappa shape index (κ3) is 4.43. The summed E-state index contributed by atoms with van der Waals surface area (Å²) in [4.78, 5) is 10.9. The van der Waals surface area contributed by atoms with Crippen LogP contribution in [0.2, 0.25) is 0 Å². The van der Waals surface area contributed by atoms with Gasteiger partial charge in [0.1, 0.15) is 11.6 Å². The van der Waals surface area contributed by atoms with E-state index in [0.29, 0.717) is 21.8 Å². The summed E-state index contributed by atoms with van der Waals surface area (Å²) in [5, 5.41) is 8.52. The molecule has 0 bridgehead atoms. The zero-order valence-corrected chi connectivity index (χ0v) is 11.7. The third-order valence-corrected chi connectivity index (χ3v) is 3.81. The van der Waals surface area contributed by atoms with Gasteiger partial charge in [-0.3, -0.25) is 0 Å². The molecule has 0 amide bonds. The fourth-order valence-electron chi connectivity index (χ4n) is 1.67. The monoisotopic (exact) mass is 306 g/mol. The minimum atomic E-state index is -1.09. The summed E-state index contributed by atoms with van der Waals surface area (Å²) in [6.07, 6.45) is 2.27. The zero-order chi connectivity index (χ0) is 15.2. The maximum absolute atomic E-state index is 13.9. The number of thioether (sulfide) groups is 1. The number of carboxylic acids is 1. The summed E-state index contributed by atoms with van der Waals surface area (Å²) in [6.45, 7) is 0. The van der Waals surface area contributed by atoms with Crippen molar-refractivity contribution in [2.24, 2.45) is 0 Å². The molecule has 5 heteroatoms. The quantitative estimate of drug-likeness (QED) is 0.659. The second-order valence-corrected chi connectivity index (χ2v) is 5.26. The number of halogens is 2. The van der Waals surface area contributed by atoms with Crippen molar-refractivity contribution in [2.75, 3.05) is 0 Å². The first-order chi connectivity index (χ1) is 10.1. The molecule has 108 valence electrons. The molecule has 0 saturated carbocycles. The van der Waals surface area contributed by atoms with E-state index in [2.05, 4.69) is 0 Å². The van der Waals surface area contributed by atoms with Crippen LogP contribution < -0.4 is 0 Å². The van der Waals surface area contributed by atoms with Crippen LogP contribution in [0.1, 0.15) is 11.1 Å². The van der Waals surface area contributed by atoms with Crippen molar-refractivity contribution in [1.82, 2.24) is 0 Å². The van der Waals surface area contributed by atoms with E-state index in [-0.39, 0.29) is 5.82 Å². The van der Waals surface area contributed by atoms with Crippen molar-refractivity contribution in [2.45, 2.75) is 10.6 Å². The number of carboxylic acid groups (broad SMARTS) is 1. The second-order valence-electron chi connectivity index (χ2n) is 4.24. The van der Waals surface area contributed by atoms with Gasteiger partial charge < -0.3 is 5.11 Å². The van der Waals surface area contributed by atoms with E-state index in [0.717, 1.165) is 6.08 Å². The molecule has 2 aromatic carbocycles. The lowest BCUT2D eigenvalue weighted by molar-refractivity contribution is -0.131. The highest BCUT2D eigenvalue weighted by atomic mass is 32.2. The van der Waals surface area contributed by atoms with Crippen LogP contribution in [-0.2, 0) is 10.5 Å². The number of benzene rings is 2. The molecule has 0 unspecified atom stereocenters. The summed E-state index contributed by atoms with van der Waals surface area (Å²) in [5.41, 5.74) is 0.908. The molecule has 0 aliphatic rings. The van der Waals surface area contributed by atoms with Crippen molar-refractivity contribution in [1.29, 1.82) is 0 Å². The van der Waals surface area contributed by atoms with E-state index in [1.807, 2.05) is 0 Å². The van der Waals surface area contributed by atoms with Crippen LogP contribution in [0.5, 0.6) is 0 Å². The molecule has 0 fully saturated rings. The van der Waals surface area contributed by atoms with Gasteiger partial charge in [-0.1, -0.05) is 24.3 Å². The molecular weight excluding hydrogens is 294 g/mol. The Morgan fingerprint density at radius 3 is 2.57 bits per heavy atom. The first-order valence-electron chi connectivity index (χ1n) is 6.13. The van der Waals surface area contributed by atoms with Crippen LogP contribution in [0.15, 0.2) is 53.4 Å². The molecule has 0 aromatic heterocycles. The average Bonchev–Trinajstić information content (AvgIpc) is 2.45. The highest BCUT2D eigenvalue weighted by molar-refractivity contribution is 7.98. The molecule has 2 aromatic rings. The number of aliphatic carboxylic acids is 1. The van der Waals surface area contributed by atoms with Gasteiger partial charge in [-0.2, -0.15) is 0 Å². The number of carbonyl (C=O) groups is 1.